The highest BCUT2D eigenvalue weighted by Crippen LogP contribution is 2.21. The number of nitrogens with zero attached hydrogens (tertiary/aromatic N) is 2. The monoisotopic (exact) mass is 222 g/mol. The van der Waals surface area contributed by atoms with Crippen LogP contribution >= 0.6 is 0 Å². The molecule has 3 heteroatoms. The number of aromatic nitrogens is 1. The van der Waals surface area contributed by atoms with Crippen LogP contribution in [0.5, 0.6) is 0 Å². The number of rotatable bonds is 3. The zero-order valence-corrected chi connectivity index (χ0v) is 9.82. The molecule has 0 aliphatic carbocycles. The fourth-order valence-electron chi connectivity index (χ4n) is 2.35. The highest BCUT2D eigenvalue weighted by molar-refractivity contribution is 5.10. The Hall–Kier alpha value is -0.960. The average molecular weight is 222 g/mol. The predicted molar refractivity (Wildman–Crippen MR) is 62.5 cm³/mol. The van der Waals surface area contributed by atoms with Gasteiger partial charge in [0.1, 0.15) is 5.82 Å². The predicted octanol–water partition coefficient (Wildman–Crippen LogP) is 2.84. The Morgan fingerprint density at radius 2 is 2.12 bits per heavy atom. The lowest BCUT2D eigenvalue weighted by molar-refractivity contribution is 0.174. The van der Waals surface area contributed by atoms with Gasteiger partial charge in [-0.15, -0.1) is 0 Å². The first-order valence-corrected chi connectivity index (χ1v) is 6.09. The minimum absolute atomic E-state index is 0.235. The Morgan fingerprint density at radius 1 is 1.38 bits per heavy atom. The highest BCUT2D eigenvalue weighted by atomic mass is 19.1. The summed E-state index contributed by atoms with van der Waals surface area (Å²) in [6, 6.07) is 1.58. The molecule has 16 heavy (non-hydrogen) atoms. The van der Waals surface area contributed by atoms with Crippen molar-refractivity contribution in [2.24, 2.45) is 5.92 Å². The van der Waals surface area contributed by atoms with Crippen molar-refractivity contribution in [3.8, 4) is 0 Å². The molecule has 0 spiro atoms. The summed E-state index contributed by atoms with van der Waals surface area (Å²) in [5.41, 5.74) is 0.981. The van der Waals surface area contributed by atoms with E-state index in [1.165, 1.54) is 25.5 Å². The minimum atomic E-state index is -0.235. The molecule has 1 fully saturated rings. The first-order valence-electron chi connectivity index (χ1n) is 6.09. The number of hydrogen-bond acceptors (Lipinski definition) is 2. The Bertz CT molecular complexity index is 332. The molecular weight excluding hydrogens is 203 g/mol. The topological polar surface area (TPSA) is 16.1 Å². The van der Waals surface area contributed by atoms with Crippen molar-refractivity contribution < 1.29 is 4.39 Å². The van der Waals surface area contributed by atoms with E-state index in [-0.39, 0.29) is 5.82 Å². The Balaban J connectivity index is 1.87. The van der Waals surface area contributed by atoms with Gasteiger partial charge in [0.25, 0.3) is 0 Å². The van der Waals surface area contributed by atoms with Gasteiger partial charge in [-0.05, 0) is 43.5 Å². The molecule has 0 radical (unpaired) electrons. The van der Waals surface area contributed by atoms with E-state index >= 15 is 0 Å². The fraction of sp³-hybridized carbons (Fsp3) is 0.615. The molecule has 0 unspecified atom stereocenters. The third-order valence-corrected chi connectivity index (χ3v) is 3.45. The van der Waals surface area contributed by atoms with Gasteiger partial charge < -0.3 is 0 Å². The molecule has 0 bridgehead atoms. The van der Waals surface area contributed by atoms with E-state index in [9.17, 15) is 4.39 Å². The molecule has 1 aromatic heterocycles. The number of halogens is 1. The van der Waals surface area contributed by atoms with Crippen LogP contribution in [0.15, 0.2) is 18.5 Å². The highest BCUT2D eigenvalue weighted by Gasteiger charge is 2.17. The van der Waals surface area contributed by atoms with Gasteiger partial charge in [-0.25, -0.2) is 4.39 Å². The Kier molecular flexibility index (Phi) is 3.88. The van der Waals surface area contributed by atoms with Gasteiger partial charge in [0.2, 0.25) is 0 Å². The van der Waals surface area contributed by atoms with Crippen molar-refractivity contribution in [1.82, 2.24) is 9.88 Å². The van der Waals surface area contributed by atoms with E-state index < -0.39 is 0 Å². The first-order chi connectivity index (χ1) is 7.78. The van der Waals surface area contributed by atoms with Crippen LogP contribution in [0.1, 0.15) is 31.7 Å². The molecule has 1 saturated heterocycles. The third-order valence-electron chi connectivity index (χ3n) is 3.45. The van der Waals surface area contributed by atoms with Gasteiger partial charge in [0, 0.05) is 12.7 Å². The van der Waals surface area contributed by atoms with Crippen LogP contribution in [0.2, 0.25) is 0 Å². The van der Waals surface area contributed by atoms with Gasteiger partial charge in [0.05, 0.1) is 6.20 Å². The van der Waals surface area contributed by atoms with Gasteiger partial charge in [0.15, 0.2) is 0 Å². The van der Waals surface area contributed by atoms with E-state index in [2.05, 4.69) is 16.8 Å². The van der Waals surface area contributed by atoms with Crippen molar-refractivity contribution in [2.45, 2.75) is 32.7 Å². The zero-order chi connectivity index (χ0) is 11.4. The van der Waals surface area contributed by atoms with Crippen LogP contribution in [0, 0.1) is 11.7 Å². The van der Waals surface area contributed by atoms with Gasteiger partial charge in [-0.2, -0.15) is 0 Å². The lowest BCUT2D eigenvalue weighted by Crippen LogP contribution is -2.33. The summed E-state index contributed by atoms with van der Waals surface area (Å²) >= 11 is 0. The summed E-state index contributed by atoms with van der Waals surface area (Å²) in [6.07, 6.45) is 6.86. The van der Waals surface area contributed by atoms with Gasteiger partial charge >= 0.3 is 0 Å². The molecule has 0 atom stereocenters. The van der Waals surface area contributed by atoms with E-state index in [0.29, 0.717) is 0 Å². The number of pyridine rings is 1. The summed E-state index contributed by atoms with van der Waals surface area (Å²) in [6.45, 7) is 5.36. The van der Waals surface area contributed by atoms with Crippen molar-refractivity contribution in [2.75, 3.05) is 13.1 Å². The van der Waals surface area contributed by atoms with Crippen molar-refractivity contribution in [3.05, 3.63) is 29.8 Å². The molecule has 1 aliphatic heterocycles. The van der Waals surface area contributed by atoms with Crippen LogP contribution in [-0.2, 0) is 6.54 Å². The molecule has 0 aromatic carbocycles. The maximum absolute atomic E-state index is 13.0. The standard InChI is InChI=1S/C13H19FN2/c1-2-11-3-5-16(6-4-11)10-12-7-13(14)9-15-8-12/h7-9,11H,2-6,10H2,1H3. The second-order valence-corrected chi connectivity index (χ2v) is 4.64. The molecule has 1 aromatic rings. The summed E-state index contributed by atoms with van der Waals surface area (Å²) in [5, 5.41) is 0. The number of piperidine rings is 1. The van der Waals surface area contributed by atoms with E-state index in [1.807, 2.05) is 0 Å². The molecule has 2 heterocycles. The first kappa shape index (κ1) is 11.5. The summed E-state index contributed by atoms with van der Waals surface area (Å²) in [7, 11) is 0. The maximum atomic E-state index is 13.0. The second-order valence-electron chi connectivity index (χ2n) is 4.64. The van der Waals surface area contributed by atoms with E-state index in [1.54, 1.807) is 12.3 Å². The SMILES string of the molecule is CCC1CCN(Cc2cncc(F)c2)CC1. The normalized spacial score (nSPS) is 18.9. The smallest absolute Gasteiger partial charge is 0.141 e. The Labute approximate surface area is 96.5 Å². The largest absolute Gasteiger partial charge is 0.299 e. The lowest BCUT2D eigenvalue weighted by Gasteiger charge is -2.31. The van der Waals surface area contributed by atoms with Crippen LogP contribution in [-0.4, -0.2) is 23.0 Å². The number of hydrogen-bond donors (Lipinski definition) is 0. The fourth-order valence-corrected chi connectivity index (χ4v) is 2.35. The Morgan fingerprint density at radius 3 is 2.75 bits per heavy atom. The molecule has 2 nitrogen and oxygen atoms in total. The molecule has 0 saturated carbocycles. The molecule has 1 aliphatic rings. The average Bonchev–Trinajstić information content (AvgIpc) is 2.30. The van der Waals surface area contributed by atoms with Crippen molar-refractivity contribution >= 4 is 0 Å². The number of likely N-dealkylation sites (tertiary alicyclic amines) is 1. The molecule has 88 valence electrons. The zero-order valence-electron chi connectivity index (χ0n) is 9.82. The molecule has 2 rings (SSSR count). The van der Waals surface area contributed by atoms with E-state index in [0.717, 1.165) is 31.1 Å². The molecular formula is C13H19FN2. The van der Waals surface area contributed by atoms with Crippen LogP contribution in [0.3, 0.4) is 0 Å². The van der Waals surface area contributed by atoms with Crippen LogP contribution < -0.4 is 0 Å². The van der Waals surface area contributed by atoms with Gasteiger partial charge in [-0.3, -0.25) is 9.88 Å². The van der Waals surface area contributed by atoms with Crippen LogP contribution in [0.4, 0.5) is 4.39 Å². The summed E-state index contributed by atoms with van der Waals surface area (Å²) < 4.78 is 13.0. The van der Waals surface area contributed by atoms with Crippen LogP contribution in [0.25, 0.3) is 0 Å². The minimum Gasteiger partial charge on any atom is -0.299 e. The van der Waals surface area contributed by atoms with Crippen molar-refractivity contribution in [1.29, 1.82) is 0 Å². The summed E-state index contributed by atoms with van der Waals surface area (Å²) in [4.78, 5) is 6.27. The lowest BCUT2D eigenvalue weighted by atomic mass is 9.94. The molecule has 0 amide bonds. The van der Waals surface area contributed by atoms with Gasteiger partial charge in [-0.1, -0.05) is 13.3 Å². The molecule has 0 N–H and O–H groups in total. The maximum Gasteiger partial charge on any atom is 0.141 e. The summed E-state index contributed by atoms with van der Waals surface area (Å²) in [5.74, 6) is 0.655. The second kappa shape index (κ2) is 5.39. The third kappa shape index (κ3) is 3.01. The van der Waals surface area contributed by atoms with Crippen molar-refractivity contribution in [3.63, 3.8) is 0 Å². The quantitative estimate of drug-likeness (QED) is 0.781. The van der Waals surface area contributed by atoms with E-state index in [4.69, 9.17) is 0 Å².